The van der Waals surface area contributed by atoms with Crippen LogP contribution in [0.25, 0.3) is 0 Å². The molecule has 3 rings (SSSR count). The lowest BCUT2D eigenvalue weighted by atomic mass is 9.95. The summed E-state index contributed by atoms with van der Waals surface area (Å²) in [5.74, 6) is -0.202. The summed E-state index contributed by atoms with van der Waals surface area (Å²) in [7, 11) is 1.57. The number of rotatable bonds is 14. The molecular formula is C28H38N2O5. The fraction of sp³-hybridized carbons (Fsp3) is 0.500. The van der Waals surface area contributed by atoms with Crippen LogP contribution < -0.4 is 4.74 Å². The number of amides is 1. The second-order valence-electron chi connectivity index (χ2n) is 9.08. The van der Waals surface area contributed by atoms with Gasteiger partial charge in [-0.3, -0.25) is 9.59 Å². The number of Topliss-reactive ketones (excluding diaryl/α,β-unsaturated/α-hetero) is 1. The van der Waals surface area contributed by atoms with Crippen LogP contribution in [0.4, 0.5) is 0 Å². The first kappa shape index (κ1) is 26.5. The highest BCUT2D eigenvalue weighted by molar-refractivity contribution is 6.15. The van der Waals surface area contributed by atoms with E-state index in [1.54, 1.807) is 37.1 Å². The van der Waals surface area contributed by atoms with Crippen molar-refractivity contribution in [3.8, 4) is 5.75 Å². The largest absolute Gasteiger partial charge is 0.503 e. The van der Waals surface area contributed by atoms with E-state index in [-0.39, 0.29) is 11.3 Å². The van der Waals surface area contributed by atoms with E-state index in [9.17, 15) is 14.7 Å². The number of unbranched alkanes of at least 4 members (excludes halogenated alkanes) is 2. The average Bonchev–Trinajstić information content (AvgIpc) is 3.41. The Labute approximate surface area is 208 Å². The molecule has 0 saturated heterocycles. The van der Waals surface area contributed by atoms with Gasteiger partial charge in [0.25, 0.3) is 5.91 Å². The summed E-state index contributed by atoms with van der Waals surface area (Å²) >= 11 is 0. The van der Waals surface area contributed by atoms with Crippen LogP contribution in [0.5, 0.6) is 5.75 Å². The van der Waals surface area contributed by atoms with Gasteiger partial charge in [0, 0.05) is 6.54 Å². The molecule has 7 nitrogen and oxygen atoms in total. The molecule has 35 heavy (non-hydrogen) atoms. The van der Waals surface area contributed by atoms with Gasteiger partial charge in [0.2, 0.25) is 5.78 Å². The zero-order valence-corrected chi connectivity index (χ0v) is 21.4. The molecule has 2 aromatic rings. The first-order valence-corrected chi connectivity index (χ1v) is 12.6. The highest BCUT2D eigenvalue weighted by atomic mass is 16.5. The van der Waals surface area contributed by atoms with E-state index in [0.29, 0.717) is 23.6 Å². The Morgan fingerprint density at radius 1 is 1.09 bits per heavy atom. The SMILES string of the molecule is CCCCN(CCCC)CCCN1C(=O)C(O)=C(C(=O)c2ccc(C)o2)C1c1cccc(OC)c1. The predicted octanol–water partition coefficient (Wildman–Crippen LogP) is 5.47. The Morgan fingerprint density at radius 2 is 1.77 bits per heavy atom. The number of benzene rings is 1. The summed E-state index contributed by atoms with van der Waals surface area (Å²) in [5.41, 5.74) is 0.758. The van der Waals surface area contributed by atoms with Gasteiger partial charge in [0.15, 0.2) is 11.5 Å². The van der Waals surface area contributed by atoms with Gasteiger partial charge in [0.1, 0.15) is 11.5 Å². The Hall–Kier alpha value is -3.06. The Morgan fingerprint density at radius 3 is 2.37 bits per heavy atom. The lowest BCUT2D eigenvalue weighted by molar-refractivity contribution is -0.129. The maximum absolute atomic E-state index is 13.4. The number of hydrogen-bond acceptors (Lipinski definition) is 6. The predicted molar refractivity (Wildman–Crippen MR) is 136 cm³/mol. The summed E-state index contributed by atoms with van der Waals surface area (Å²) in [4.78, 5) is 30.6. The van der Waals surface area contributed by atoms with Crippen molar-refractivity contribution < 1.29 is 23.8 Å². The van der Waals surface area contributed by atoms with E-state index in [1.165, 1.54) is 0 Å². The third-order valence-corrected chi connectivity index (χ3v) is 6.45. The van der Waals surface area contributed by atoms with Crippen LogP contribution in [-0.4, -0.2) is 59.9 Å². The van der Waals surface area contributed by atoms with Crippen LogP contribution in [-0.2, 0) is 4.79 Å². The fourth-order valence-electron chi connectivity index (χ4n) is 4.53. The van der Waals surface area contributed by atoms with Crippen LogP contribution in [0.2, 0.25) is 0 Å². The average molecular weight is 483 g/mol. The maximum atomic E-state index is 13.4. The number of furan rings is 1. The van der Waals surface area contributed by atoms with Crippen molar-refractivity contribution in [1.29, 1.82) is 0 Å². The number of carbonyl (C=O) groups excluding carboxylic acids is 2. The van der Waals surface area contributed by atoms with Crippen molar-refractivity contribution in [3.63, 3.8) is 0 Å². The van der Waals surface area contributed by atoms with Crippen LogP contribution in [0.1, 0.15) is 73.9 Å². The van der Waals surface area contributed by atoms with E-state index < -0.39 is 23.5 Å². The number of methoxy groups -OCH3 is 1. The Bertz CT molecular complexity index is 1030. The first-order valence-electron chi connectivity index (χ1n) is 12.6. The third kappa shape index (κ3) is 6.34. The number of hydrogen-bond donors (Lipinski definition) is 1. The van der Waals surface area contributed by atoms with Gasteiger partial charge < -0.3 is 24.1 Å². The van der Waals surface area contributed by atoms with Gasteiger partial charge in [-0.2, -0.15) is 0 Å². The molecule has 1 aliphatic heterocycles. The number of carbonyl (C=O) groups is 2. The number of ketones is 1. The number of aliphatic hydroxyl groups excluding tert-OH is 1. The van der Waals surface area contributed by atoms with Crippen LogP contribution >= 0.6 is 0 Å². The van der Waals surface area contributed by atoms with Crippen LogP contribution in [0.15, 0.2) is 52.1 Å². The Balaban J connectivity index is 1.87. The molecule has 190 valence electrons. The number of ether oxygens (including phenoxy) is 1. The van der Waals surface area contributed by atoms with Gasteiger partial charge in [-0.05, 0) is 75.6 Å². The van der Waals surface area contributed by atoms with E-state index in [0.717, 1.165) is 51.7 Å². The van der Waals surface area contributed by atoms with Crippen molar-refractivity contribution >= 4 is 11.7 Å². The van der Waals surface area contributed by atoms with E-state index in [4.69, 9.17) is 9.15 Å². The zero-order valence-electron chi connectivity index (χ0n) is 21.4. The van der Waals surface area contributed by atoms with Gasteiger partial charge in [-0.15, -0.1) is 0 Å². The summed E-state index contributed by atoms with van der Waals surface area (Å²) in [6, 6.07) is 9.84. The molecule has 0 bridgehead atoms. The molecule has 0 saturated carbocycles. The molecular weight excluding hydrogens is 444 g/mol. The lowest BCUT2D eigenvalue weighted by Crippen LogP contribution is -2.35. The minimum absolute atomic E-state index is 0.0476. The van der Waals surface area contributed by atoms with Gasteiger partial charge in [0.05, 0.1) is 18.7 Å². The molecule has 2 heterocycles. The van der Waals surface area contributed by atoms with Crippen molar-refractivity contribution in [2.45, 2.75) is 58.9 Å². The summed E-state index contributed by atoms with van der Waals surface area (Å²) in [6.45, 7) is 9.48. The molecule has 1 aliphatic rings. The quantitative estimate of drug-likeness (QED) is 0.360. The van der Waals surface area contributed by atoms with Crippen molar-refractivity contribution in [2.75, 3.05) is 33.3 Å². The lowest BCUT2D eigenvalue weighted by Gasteiger charge is -2.28. The number of aryl methyl sites for hydroxylation is 1. The number of aliphatic hydroxyl groups is 1. The normalized spacial score (nSPS) is 16.0. The molecule has 0 aliphatic carbocycles. The maximum Gasteiger partial charge on any atom is 0.290 e. The molecule has 1 atom stereocenters. The van der Waals surface area contributed by atoms with Crippen molar-refractivity contribution in [3.05, 3.63) is 64.8 Å². The van der Waals surface area contributed by atoms with Crippen molar-refractivity contribution in [2.24, 2.45) is 0 Å². The van der Waals surface area contributed by atoms with Gasteiger partial charge in [-0.25, -0.2) is 0 Å². The van der Waals surface area contributed by atoms with E-state index in [1.807, 2.05) is 18.2 Å². The molecule has 1 aromatic carbocycles. The smallest absolute Gasteiger partial charge is 0.290 e. The summed E-state index contributed by atoms with van der Waals surface area (Å²) in [6.07, 6.45) is 5.31. The highest BCUT2D eigenvalue weighted by Gasteiger charge is 2.44. The minimum atomic E-state index is -0.713. The highest BCUT2D eigenvalue weighted by Crippen LogP contribution is 2.40. The van der Waals surface area contributed by atoms with E-state index in [2.05, 4.69) is 18.7 Å². The second kappa shape index (κ2) is 12.6. The summed E-state index contributed by atoms with van der Waals surface area (Å²) < 4.78 is 10.9. The molecule has 0 spiro atoms. The fourth-order valence-corrected chi connectivity index (χ4v) is 4.53. The zero-order chi connectivity index (χ0) is 25.4. The molecule has 1 N–H and O–H groups in total. The number of nitrogens with zero attached hydrogens (tertiary/aromatic N) is 2. The summed E-state index contributed by atoms with van der Waals surface area (Å²) in [5, 5.41) is 10.8. The third-order valence-electron chi connectivity index (χ3n) is 6.45. The first-order chi connectivity index (χ1) is 16.9. The molecule has 7 heteroatoms. The van der Waals surface area contributed by atoms with E-state index >= 15 is 0 Å². The molecule has 1 amide bonds. The van der Waals surface area contributed by atoms with Crippen LogP contribution in [0, 0.1) is 6.92 Å². The molecule has 0 radical (unpaired) electrons. The topological polar surface area (TPSA) is 83.2 Å². The molecule has 0 fully saturated rings. The molecule has 1 aromatic heterocycles. The molecule has 1 unspecified atom stereocenters. The Kier molecular flexibility index (Phi) is 9.55. The van der Waals surface area contributed by atoms with Gasteiger partial charge >= 0.3 is 0 Å². The standard InChI is InChI=1S/C28H38N2O5/c1-5-7-15-29(16-8-6-2)17-10-18-30-25(21-11-9-12-22(19-21)34-4)24(27(32)28(30)33)26(31)23-14-13-20(3)35-23/h9,11-14,19,25,32H,5-8,10,15-18H2,1-4H3. The monoisotopic (exact) mass is 482 g/mol. The minimum Gasteiger partial charge on any atom is -0.503 e. The van der Waals surface area contributed by atoms with Crippen molar-refractivity contribution in [1.82, 2.24) is 9.80 Å². The second-order valence-corrected chi connectivity index (χ2v) is 9.08. The van der Waals surface area contributed by atoms with Gasteiger partial charge in [-0.1, -0.05) is 38.8 Å². The van der Waals surface area contributed by atoms with Crippen LogP contribution in [0.3, 0.4) is 0 Å².